The van der Waals surface area contributed by atoms with Crippen molar-refractivity contribution in [3.8, 4) is 0 Å². The Bertz CT molecular complexity index is 1100. The van der Waals surface area contributed by atoms with Gasteiger partial charge in [-0.3, -0.25) is 9.59 Å². The second kappa shape index (κ2) is 8.17. The molecule has 2 aliphatic carbocycles. The van der Waals surface area contributed by atoms with Crippen LogP contribution < -0.4 is 4.90 Å². The summed E-state index contributed by atoms with van der Waals surface area (Å²) in [4.78, 5) is 26.0. The lowest BCUT2D eigenvalue weighted by atomic mass is 9.75. The third-order valence-corrected chi connectivity index (χ3v) is 7.15. The second-order valence-electron chi connectivity index (χ2n) is 10.5. The zero-order valence-electron chi connectivity index (χ0n) is 20.0. The van der Waals surface area contributed by atoms with Crippen LogP contribution in [0.2, 0.25) is 0 Å². The van der Waals surface area contributed by atoms with Crippen LogP contribution in [-0.2, 0) is 19.7 Å². The van der Waals surface area contributed by atoms with E-state index >= 15 is 0 Å². The molecule has 5 nitrogen and oxygen atoms in total. The molecule has 184 valence electrons. The van der Waals surface area contributed by atoms with Gasteiger partial charge in [-0.15, -0.1) is 13.2 Å². The van der Waals surface area contributed by atoms with E-state index in [-0.39, 0.29) is 36.0 Å². The highest BCUT2D eigenvalue weighted by Crippen LogP contribution is 2.51. The Labute approximate surface area is 197 Å². The fourth-order valence-corrected chi connectivity index (χ4v) is 5.42. The highest BCUT2D eigenvalue weighted by Gasteiger charge is 2.48. The summed E-state index contributed by atoms with van der Waals surface area (Å²) in [5.41, 5.74) is 2.90. The van der Waals surface area contributed by atoms with Gasteiger partial charge in [0, 0.05) is 29.1 Å². The topological polar surface area (TPSA) is 66.8 Å². The molecule has 1 amide bonds. The standard InChI is InChI=1S/C26H30F3NO4/c1-13(2)30-21-11-16(14(3)8-20(21)25(4,5)12-23(30)31)18-9-15(17-10-19(17)24(32)33)6-7-22(18)34-26(27,28)29/h7-9,11,13,15,17,19H,6,10,12H2,1-5H3,(H,32,33)/t15-,17?,19-/m0/s1. The van der Waals surface area contributed by atoms with Crippen molar-refractivity contribution in [3.63, 3.8) is 0 Å². The summed E-state index contributed by atoms with van der Waals surface area (Å²) in [6.45, 7) is 9.65. The lowest BCUT2D eigenvalue weighted by Crippen LogP contribution is -2.45. The minimum absolute atomic E-state index is 0.0256. The monoisotopic (exact) mass is 477 g/mol. The minimum atomic E-state index is -4.86. The SMILES string of the molecule is Cc1cc2c(cc1C1=C[C@@H](C3C[C@@H]3C(=O)O)CC=C1OC(F)(F)F)N(C(C)C)C(=O)CC2(C)C. The summed E-state index contributed by atoms with van der Waals surface area (Å²) < 4.78 is 44.1. The van der Waals surface area contributed by atoms with E-state index < -0.39 is 23.7 Å². The molecule has 1 aliphatic heterocycles. The van der Waals surface area contributed by atoms with Gasteiger partial charge in [0.05, 0.1) is 5.92 Å². The maximum Gasteiger partial charge on any atom is 0.573 e. The smallest absolute Gasteiger partial charge is 0.481 e. The molecule has 8 heteroatoms. The number of anilines is 1. The van der Waals surface area contributed by atoms with Gasteiger partial charge in [0.25, 0.3) is 0 Å². The Balaban J connectivity index is 1.84. The molecular formula is C26H30F3NO4. The minimum Gasteiger partial charge on any atom is -0.481 e. The number of alkyl halides is 3. The van der Waals surface area contributed by atoms with Crippen molar-refractivity contribution in [1.82, 2.24) is 0 Å². The number of aliphatic carboxylic acids is 1. The number of hydrogen-bond acceptors (Lipinski definition) is 3. The van der Waals surface area contributed by atoms with Gasteiger partial charge in [-0.05, 0) is 74.3 Å². The Morgan fingerprint density at radius 1 is 1.26 bits per heavy atom. The summed E-state index contributed by atoms with van der Waals surface area (Å²) in [7, 11) is 0. The van der Waals surface area contributed by atoms with E-state index in [1.807, 2.05) is 40.7 Å². The molecule has 1 aromatic carbocycles. The van der Waals surface area contributed by atoms with E-state index in [0.717, 1.165) is 11.1 Å². The number of carbonyl (C=O) groups is 2. The summed E-state index contributed by atoms with van der Waals surface area (Å²) in [5, 5.41) is 9.33. The van der Waals surface area contributed by atoms with Crippen LogP contribution in [0.3, 0.4) is 0 Å². The molecule has 34 heavy (non-hydrogen) atoms. The Morgan fingerprint density at radius 3 is 2.50 bits per heavy atom. The quantitative estimate of drug-likeness (QED) is 0.568. The maximum atomic E-state index is 13.2. The molecule has 0 aromatic heterocycles. The Kier molecular flexibility index (Phi) is 5.85. The molecule has 1 saturated carbocycles. The van der Waals surface area contributed by atoms with Crippen LogP contribution in [0.1, 0.15) is 63.6 Å². The predicted molar refractivity (Wildman–Crippen MR) is 122 cm³/mol. The third-order valence-electron chi connectivity index (χ3n) is 7.15. The molecule has 3 atom stereocenters. The highest BCUT2D eigenvalue weighted by atomic mass is 19.4. The van der Waals surface area contributed by atoms with E-state index in [2.05, 4.69) is 4.74 Å². The van der Waals surface area contributed by atoms with Gasteiger partial charge in [-0.2, -0.15) is 0 Å². The molecule has 1 fully saturated rings. The Morgan fingerprint density at radius 2 is 1.94 bits per heavy atom. The number of carboxylic acid groups (broad SMARTS) is 1. The van der Waals surface area contributed by atoms with Gasteiger partial charge in [0.2, 0.25) is 5.91 Å². The van der Waals surface area contributed by atoms with Crippen LogP contribution in [0.25, 0.3) is 5.57 Å². The summed E-state index contributed by atoms with van der Waals surface area (Å²) in [6.07, 6.45) is -0.553. The number of ether oxygens (including phenoxy) is 1. The van der Waals surface area contributed by atoms with Gasteiger partial charge in [-0.25, -0.2) is 0 Å². The summed E-state index contributed by atoms with van der Waals surface area (Å²) in [5.74, 6) is -1.95. The largest absolute Gasteiger partial charge is 0.573 e. The van der Waals surface area contributed by atoms with Crippen molar-refractivity contribution >= 4 is 23.1 Å². The number of halogens is 3. The number of rotatable bonds is 5. The van der Waals surface area contributed by atoms with E-state index in [0.29, 0.717) is 29.7 Å². The maximum absolute atomic E-state index is 13.2. The zero-order chi connectivity index (χ0) is 25.2. The van der Waals surface area contributed by atoms with Crippen LogP contribution in [-0.4, -0.2) is 29.4 Å². The van der Waals surface area contributed by atoms with Crippen molar-refractivity contribution in [2.45, 2.75) is 71.7 Å². The molecule has 1 heterocycles. The fraction of sp³-hybridized carbons (Fsp3) is 0.538. The number of allylic oxidation sites excluding steroid dienone is 3. The molecule has 1 aromatic rings. The first-order chi connectivity index (χ1) is 15.7. The lowest BCUT2D eigenvalue weighted by molar-refractivity contribution is -0.302. The number of amides is 1. The van der Waals surface area contributed by atoms with Crippen molar-refractivity contribution in [2.75, 3.05) is 4.90 Å². The number of hydrogen-bond donors (Lipinski definition) is 1. The average molecular weight is 478 g/mol. The molecule has 1 N–H and O–H groups in total. The first-order valence-corrected chi connectivity index (χ1v) is 11.6. The molecule has 0 saturated heterocycles. The predicted octanol–water partition coefficient (Wildman–Crippen LogP) is 5.96. The van der Waals surface area contributed by atoms with E-state index in [1.54, 1.807) is 17.0 Å². The van der Waals surface area contributed by atoms with Crippen molar-refractivity contribution in [3.05, 3.63) is 46.7 Å². The first-order valence-electron chi connectivity index (χ1n) is 11.6. The van der Waals surface area contributed by atoms with E-state index in [9.17, 15) is 27.9 Å². The summed E-state index contributed by atoms with van der Waals surface area (Å²) in [6, 6.07) is 3.64. The molecule has 3 aliphatic rings. The zero-order valence-corrected chi connectivity index (χ0v) is 20.0. The fourth-order valence-electron chi connectivity index (χ4n) is 5.42. The number of carbonyl (C=O) groups excluding carboxylic acids is 1. The van der Waals surface area contributed by atoms with Crippen LogP contribution in [0.4, 0.5) is 18.9 Å². The number of benzene rings is 1. The van der Waals surface area contributed by atoms with Crippen LogP contribution >= 0.6 is 0 Å². The van der Waals surface area contributed by atoms with Crippen molar-refractivity contribution < 1.29 is 32.6 Å². The molecule has 1 unspecified atom stereocenters. The molecule has 0 bridgehead atoms. The second-order valence-corrected chi connectivity index (χ2v) is 10.5. The van der Waals surface area contributed by atoms with Crippen molar-refractivity contribution in [1.29, 1.82) is 0 Å². The van der Waals surface area contributed by atoms with Gasteiger partial charge >= 0.3 is 12.3 Å². The van der Waals surface area contributed by atoms with Gasteiger partial charge in [-0.1, -0.05) is 26.0 Å². The number of carboxylic acids is 1. The van der Waals surface area contributed by atoms with Crippen molar-refractivity contribution in [2.24, 2.45) is 17.8 Å². The molecule has 4 rings (SSSR count). The number of fused-ring (bicyclic) bond motifs is 1. The Hall–Kier alpha value is -2.77. The third kappa shape index (κ3) is 4.46. The first kappa shape index (κ1) is 24.4. The number of aryl methyl sites for hydroxylation is 1. The van der Waals surface area contributed by atoms with E-state index in [1.165, 1.54) is 6.08 Å². The molecule has 0 radical (unpaired) electrons. The van der Waals surface area contributed by atoms with Crippen LogP contribution in [0.15, 0.2) is 30.0 Å². The molecule has 0 spiro atoms. The lowest BCUT2D eigenvalue weighted by Gasteiger charge is -2.41. The molecular weight excluding hydrogens is 447 g/mol. The normalized spacial score (nSPS) is 26.1. The average Bonchev–Trinajstić information content (AvgIpc) is 3.48. The summed E-state index contributed by atoms with van der Waals surface area (Å²) >= 11 is 0. The number of nitrogens with zero attached hydrogens (tertiary/aromatic N) is 1. The van der Waals surface area contributed by atoms with Crippen LogP contribution in [0, 0.1) is 24.7 Å². The highest BCUT2D eigenvalue weighted by molar-refractivity contribution is 5.99. The van der Waals surface area contributed by atoms with E-state index in [4.69, 9.17) is 0 Å². The van der Waals surface area contributed by atoms with Gasteiger partial charge in [0.1, 0.15) is 5.76 Å². The van der Waals surface area contributed by atoms with Gasteiger partial charge in [0.15, 0.2) is 0 Å². The van der Waals surface area contributed by atoms with Gasteiger partial charge < -0.3 is 14.7 Å². The van der Waals surface area contributed by atoms with Crippen LogP contribution in [0.5, 0.6) is 0 Å².